The van der Waals surface area contributed by atoms with Gasteiger partial charge in [-0.3, -0.25) is 9.80 Å². The average molecular weight is 596 g/mol. The summed E-state index contributed by atoms with van der Waals surface area (Å²) in [5.74, 6) is 1.08. The molecule has 0 spiro atoms. The van der Waals surface area contributed by atoms with Gasteiger partial charge in [0, 0.05) is 79.4 Å². The first-order chi connectivity index (χ1) is 20.9. The number of hydrogen-bond donors (Lipinski definition) is 2. The molecule has 43 heavy (non-hydrogen) atoms. The van der Waals surface area contributed by atoms with E-state index >= 15 is 0 Å². The van der Waals surface area contributed by atoms with E-state index in [4.69, 9.17) is 21.3 Å². The molecule has 0 radical (unpaired) electrons. The van der Waals surface area contributed by atoms with E-state index < -0.39 is 0 Å². The van der Waals surface area contributed by atoms with E-state index in [1.807, 2.05) is 42.5 Å². The number of methoxy groups -OCH3 is 1. The first kappa shape index (κ1) is 29.2. The van der Waals surface area contributed by atoms with E-state index in [0.717, 1.165) is 90.3 Å². The highest BCUT2D eigenvalue weighted by Gasteiger charge is 2.19. The Balaban J connectivity index is 1.12. The second-order valence-corrected chi connectivity index (χ2v) is 11.8. The summed E-state index contributed by atoms with van der Waals surface area (Å²) < 4.78 is 5.52. The van der Waals surface area contributed by atoms with Crippen molar-refractivity contribution in [2.45, 2.75) is 13.1 Å². The minimum absolute atomic E-state index is 0.313. The Morgan fingerprint density at radius 2 is 1.67 bits per heavy atom. The summed E-state index contributed by atoms with van der Waals surface area (Å²) in [5.41, 5.74) is 5.75. The minimum atomic E-state index is 0.313. The van der Waals surface area contributed by atoms with E-state index in [0.29, 0.717) is 17.3 Å². The predicted molar refractivity (Wildman–Crippen MR) is 177 cm³/mol. The molecule has 1 aliphatic heterocycles. The molecular formula is C35H38ClN5O2. The zero-order valence-corrected chi connectivity index (χ0v) is 25.5. The zero-order valence-electron chi connectivity index (χ0n) is 24.8. The zero-order chi connectivity index (χ0) is 29.8. The lowest BCUT2D eigenvalue weighted by Gasteiger charge is -2.35. The van der Waals surface area contributed by atoms with Gasteiger partial charge in [0.25, 0.3) is 0 Å². The van der Waals surface area contributed by atoms with Gasteiger partial charge in [-0.15, -0.1) is 0 Å². The fourth-order valence-corrected chi connectivity index (χ4v) is 5.96. The molecule has 2 N–H and O–H groups in total. The average Bonchev–Trinajstić information content (AvgIpc) is 3.02. The van der Waals surface area contributed by atoms with Crippen LogP contribution in [0.5, 0.6) is 11.5 Å². The van der Waals surface area contributed by atoms with Gasteiger partial charge in [0.15, 0.2) is 0 Å². The van der Waals surface area contributed by atoms with E-state index in [2.05, 4.69) is 63.5 Å². The summed E-state index contributed by atoms with van der Waals surface area (Å²) in [4.78, 5) is 12.2. The molecule has 1 aromatic heterocycles. The molecule has 8 heteroatoms. The molecule has 7 nitrogen and oxygen atoms in total. The highest BCUT2D eigenvalue weighted by atomic mass is 35.5. The Morgan fingerprint density at radius 1 is 0.884 bits per heavy atom. The lowest BCUT2D eigenvalue weighted by molar-refractivity contribution is 0.116. The van der Waals surface area contributed by atoms with Gasteiger partial charge >= 0.3 is 0 Å². The van der Waals surface area contributed by atoms with Crippen LogP contribution in [-0.2, 0) is 13.1 Å². The van der Waals surface area contributed by atoms with Crippen LogP contribution in [0.25, 0.3) is 21.8 Å². The van der Waals surface area contributed by atoms with Crippen LogP contribution < -0.4 is 10.1 Å². The molecule has 0 bridgehead atoms. The second kappa shape index (κ2) is 13.2. The molecule has 0 saturated carbocycles. The number of phenolic OH excluding ortho intramolecular Hbond substituents is 1. The first-order valence-corrected chi connectivity index (χ1v) is 15.2. The fourth-order valence-electron chi connectivity index (χ4n) is 5.79. The van der Waals surface area contributed by atoms with Gasteiger partial charge in [0.05, 0.1) is 23.8 Å². The van der Waals surface area contributed by atoms with Crippen molar-refractivity contribution in [1.29, 1.82) is 0 Å². The topological polar surface area (TPSA) is 64.1 Å². The van der Waals surface area contributed by atoms with Gasteiger partial charge in [-0.2, -0.15) is 0 Å². The summed E-state index contributed by atoms with van der Waals surface area (Å²) in [6.45, 7) is 7.76. The van der Waals surface area contributed by atoms with Crippen molar-refractivity contribution >= 4 is 44.8 Å². The largest absolute Gasteiger partial charge is 0.508 e. The van der Waals surface area contributed by atoms with Crippen LogP contribution in [0.2, 0.25) is 5.02 Å². The number of benzene rings is 4. The summed E-state index contributed by atoms with van der Waals surface area (Å²) in [6, 6.07) is 28.0. The third-order valence-corrected chi connectivity index (χ3v) is 8.48. The van der Waals surface area contributed by atoms with Crippen molar-refractivity contribution in [3.63, 3.8) is 0 Å². The maximum atomic E-state index is 10.8. The van der Waals surface area contributed by atoms with Crippen LogP contribution in [0.1, 0.15) is 11.1 Å². The number of anilines is 2. The van der Waals surface area contributed by atoms with Gasteiger partial charge < -0.3 is 20.1 Å². The maximum absolute atomic E-state index is 10.8. The number of aromatic hydroxyl groups is 1. The number of phenols is 1. The van der Waals surface area contributed by atoms with Crippen LogP contribution in [0, 0.1) is 0 Å². The van der Waals surface area contributed by atoms with Crippen molar-refractivity contribution in [2.75, 3.05) is 58.7 Å². The Kier molecular flexibility index (Phi) is 8.95. The summed E-state index contributed by atoms with van der Waals surface area (Å²) in [7, 11) is 3.86. The molecule has 0 atom stereocenters. The van der Waals surface area contributed by atoms with Gasteiger partial charge in [-0.25, -0.2) is 4.98 Å². The van der Waals surface area contributed by atoms with Crippen molar-refractivity contribution in [3.8, 4) is 11.5 Å². The minimum Gasteiger partial charge on any atom is -0.508 e. The molecule has 222 valence electrons. The van der Waals surface area contributed by atoms with Crippen LogP contribution in [0.15, 0.2) is 84.9 Å². The van der Waals surface area contributed by atoms with E-state index in [1.165, 1.54) is 5.56 Å². The molecule has 1 aliphatic rings. The molecule has 0 unspecified atom stereocenters. The number of likely N-dealkylation sites (N-methyl/N-ethyl adjacent to an activating group) is 1. The van der Waals surface area contributed by atoms with Gasteiger partial charge in [-0.05, 0) is 67.2 Å². The highest BCUT2D eigenvalue weighted by Crippen LogP contribution is 2.37. The fraction of sp³-hybridized carbons (Fsp3) is 0.286. The number of pyridine rings is 1. The molecular weight excluding hydrogens is 558 g/mol. The lowest BCUT2D eigenvalue weighted by atomic mass is 10.1. The van der Waals surface area contributed by atoms with Crippen molar-refractivity contribution in [3.05, 3.63) is 101 Å². The number of ether oxygens (including phenoxy) is 1. The van der Waals surface area contributed by atoms with E-state index in [-0.39, 0.29) is 0 Å². The number of hydrogen-bond acceptors (Lipinski definition) is 7. The van der Waals surface area contributed by atoms with Crippen molar-refractivity contribution in [1.82, 2.24) is 19.7 Å². The number of nitrogens with one attached hydrogen (secondary N) is 1. The van der Waals surface area contributed by atoms with Gasteiger partial charge in [0.2, 0.25) is 0 Å². The van der Waals surface area contributed by atoms with Crippen LogP contribution in [0.3, 0.4) is 0 Å². The Morgan fingerprint density at radius 3 is 2.47 bits per heavy atom. The van der Waals surface area contributed by atoms with Crippen LogP contribution >= 0.6 is 11.6 Å². The number of fused-ring (bicyclic) bond motifs is 2. The maximum Gasteiger partial charge on any atom is 0.120 e. The van der Waals surface area contributed by atoms with Crippen molar-refractivity contribution in [2.24, 2.45) is 0 Å². The molecule has 2 heterocycles. The first-order valence-electron chi connectivity index (χ1n) is 14.8. The molecule has 6 rings (SSSR count). The van der Waals surface area contributed by atoms with Gasteiger partial charge in [0.1, 0.15) is 11.5 Å². The second-order valence-electron chi connectivity index (χ2n) is 11.3. The van der Waals surface area contributed by atoms with Gasteiger partial charge in [-0.1, -0.05) is 41.9 Å². The van der Waals surface area contributed by atoms with Crippen LogP contribution in [0.4, 0.5) is 11.4 Å². The number of rotatable bonds is 10. The lowest BCUT2D eigenvalue weighted by Crippen LogP contribution is -2.47. The van der Waals surface area contributed by atoms with Crippen molar-refractivity contribution < 1.29 is 9.84 Å². The summed E-state index contributed by atoms with van der Waals surface area (Å²) in [5, 5.41) is 17.0. The third kappa shape index (κ3) is 7.03. The molecule has 4 aromatic carbocycles. The number of piperazine rings is 1. The third-order valence-electron chi connectivity index (χ3n) is 8.24. The molecule has 5 aromatic rings. The summed E-state index contributed by atoms with van der Waals surface area (Å²) >= 11 is 6.31. The number of halogens is 1. The predicted octanol–water partition coefficient (Wildman–Crippen LogP) is 6.75. The molecule has 0 aliphatic carbocycles. The number of aromatic nitrogens is 1. The Bertz CT molecular complexity index is 1710. The monoisotopic (exact) mass is 595 g/mol. The molecule has 1 saturated heterocycles. The normalized spacial score (nSPS) is 14.5. The highest BCUT2D eigenvalue weighted by molar-refractivity contribution is 6.31. The molecule has 0 amide bonds. The van der Waals surface area contributed by atoms with E-state index in [9.17, 15) is 5.11 Å². The Hall–Kier alpha value is -3.88. The number of nitrogens with zero attached hydrogens (tertiary/aromatic N) is 4. The van der Waals surface area contributed by atoms with Crippen LogP contribution in [-0.4, -0.2) is 78.2 Å². The van der Waals surface area contributed by atoms with E-state index in [1.54, 1.807) is 13.2 Å². The summed E-state index contributed by atoms with van der Waals surface area (Å²) in [6.07, 6.45) is 0. The standard InChI is InChI=1S/C35H38ClN5O2/c1-39(23-25-6-4-3-5-7-25)14-15-40-16-18-41(19-17-40)24-26-20-28(9-13-34(26)42)37-35-30-11-8-27(36)21-33(30)38-32-12-10-29(43-2)22-31(32)35/h3-13,20-22,42H,14-19,23-24H2,1-2H3,(H,37,38). The Labute approximate surface area is 258 Å². The SMILES string of the molecule is COc1ccc2nc3cc(Cl)ccc3c(Nc3ccc(O)c(CN4CCN(CCN(C)Cc5ccccc5)CC4)c3)c2c1. The smallest absolute Gasteiger partial charge is 0.120 e. The quantitative estimate of drug-likeness (QED) is 0.137. The molecule has 1 fully saturated rings.